The predicted octanol–water partition coefficient (Wildman–Crippen LogP) is 0.470. The van der Waals surface area contributed by atoms with E-state index in [0.29, 0.717) is 0 Å². The summed E-state index contributed by atoms with van der Waals surface area (Å²) >= 11 is 0. The Kier molecular flexibility index (Phi) is 4.28. The molecule has 0 saturated heterocycles. The van der Waals surface area contributed by atoms with Crippen LogP contribution in [-0.4, -0.2) is 32.9 Å². The first-order valence-electron chi connectivity index (χ1n) is 3.88. The van der Waals surface area contributed by atoms with Crippen molar-refractivity contribution in [2.24, 2.45) is 0 Å². The van der Waals surface area contributed by atoms with Crippen LogP contribution < -0.4 is 0 Å². The molecule has 82 valence electrons. The number of hydrogen-bond acceptors (Lipinski definition) is 5. The van der Waals surface area contributed by atoms with Gasteiger partial charge in [0.2, 0.25) is 0 Å². The van der Waals surface area contributed by atoms with E-state index in [9.17, 15) is 13.2 Å². The fourth-order valence-corrected chi connectivity index (χ4v) is 1.55. The fourth-order valence-electron chi connectivity index (χ4n) is 0.721. The molecule has 0 aliphatic rings. The lowest BCUT2D eigenvalue weighted by Crippen LogP contribution is -2.38. The minimum atomic E-state index is -3.68. The van der Waals surface area contributed by atoms with E-state index in [4.69, 9.17) is 0 Å². The third-order valence-electron chi connectivity index (χ3n) is 1.18. The standard InChI is InChI=1S/C8H14O5S/c1-5-6-12-7(9)8(2,3)13-14(4,10)11/h5H,1,6H2,2-4H3. The fraction of sp³-hybridized carbons (Fsp3) is 0.625. The third kappa shape index (κ3) is 4.98. The van der Waals surface area contributed by atoms with E-state index in [-0.39, 0.29) is 6.61 Å². The molecule has 0 rings (SSSR count). The molecule has 0 N–H and O–H groups in total. The van der Waals surface area contributed by atoms with E-state index in [1.54, 1.807) is 0 Å². The van der Waals surface area contributed by atoms with Gasteiger partial charge in [-0.15, -0.1) is 0 Å². The average molecular weight is 222 g/mol. The molecular formula is C8H14O5S. The Bertz CT molecular complexity index is 315. The Hall–Kier alpha value is -0.880. The van der Waals surface area contributed by atoms with Crippen molar-refractivity contribution < 1.29 is 22.1 Å². The van der Waals surface area contributed by atoms with Gasteiger partial charge in [-0.1, -0.05) is 12.7 Å². The Labute approximate surface area is 83.8 Å². The summed E-state index contributed by atoms with van der Waals surface area (Å²) in [6, 6.07) is 0. The lowest BCUT2D eigenvalue weighted by molar-refractivity contribution is -0.157. The van der Waals surface area contributed by atoms with Crippen molar-refractivity contribution in [2.45, 2.75) is 19.4 Å². The molecule has 14 heavy (non-hydrogen) atoms. The van der Waals surface area contributed by atoms with E-state index in [1.165, 1.54) is 19.9 Å². The van der Waals surface area contributed by atoms with E-state index in [0.717, 1.165) is 6.26 Å². The summed E-state index contributed by atoms with van der Waals surface area (Å²) in [6.45, 7) is 6.01. The van der Waals surface area contributed by atoms with Crippen LogP contribution in [-0.2, 0) is 23.8 Å². The second-order valence-corrected chi connectivity index (χ2v) is 4.76. The molecule has 0 spiro atoms. The Morgan fingerprint density at radius 1 is 1.50 bits per heavy atom. The van der Waals surface area contributed by atoms with Gasteiger partial charge in [-0.25, -0.2) is 4.79 Å². The maximum atomic E-state index is 11.2. The minimum Gasteiger partial charge on any atom is -0.459 e. The van der Waals surface area contributed by atoms with Crippen LogP contribution in [0.25, 0.3) is 0 Å². The van der Waals surface area contributed by atoms with E-state index >= 15 is 0 Å². The van der Waals surface area contributed by atoms with Crippen molar-refractivity contribution in [2.75, 3.05) is 12.9 Å². The lowest BCUT2D eigenvalue weighted by atomic mass is 10.1. The summed E-state index contributed by atoms with van der Waals surface area (Å²) in [5.74, 6) is -0.747. The van der Waals surface area contributed by atoms with Crippen molar-refractivity contribution in [1.29, 1.82) is 0 Å². The Balaban J connectivity index is 4.45. The van der Waals surface area contributed by atoms with Crippen LogP contribution in [0.2, 0.25) is 0 Å². The SMILES string of the molecule is C=CCOC(=O)C(C)(C)OS(C)(=O)=O. The molecule has 0 atom stereocenters. The van der Waals surface area contributed by atoms with Gasteiger partial charge in [-0.2, -0.15) is 8.42 Å². The summed E-state index contributed by atoms with van der Waals surface area (Å²) in [7, 11) is -3.68. The number of carbonyl (C=O) groups excluding carboxylic acids is 1. The smallest absolute Gasteiger partial charge is 0.339 e. The molecule has 6 heteroatoms. The zero-order valence-corrected chi connectivity index (χ0v) is 9.26. The number of rotatable bonds is 5. The van der Waals surface area contributed by atoms with Crippen molar-refractivity contribution in [1.82, 2.24) is 0 Å². The second kappa shape index (κ2) is 4.56. The Morgan fingerprint density at radius 2 is 2.00 bits per heavy atom. The molecule has 0 aromatic rings. The number of esters is 1. The largest absolute Gasteiger partial charge is 0.459 e. The molecule has 0 bridgehead atoms. The minimum absolute atomic E-state index is 0.0232. The highest BCUT2D eigenvalue weighted by molar-refractivity contribution is 7.86. The second-order valence-electron chi connectivity index (χ2n) is 3.18. The lowest BCUT2D eigenvalue weighted by Gasteiger charge is -2.20. The summed E-state index contributed by atoms with van der Waals surface area (Å²) in [5, 5.41) is 0. The summed E-state index contributed by atoms with van der Waals surface area (Å²) in [6.07, 6.45) is 2.25. The number of carbonyl (C=O) groups is 1. The highest BCUT2D eigenvalue weighted by Crippen LogP contribution is 2.14. The van der Waals surface area contributed by atoms with Crippen molar-refractivity contribution in [3.8, 4) is 0 Å². The Morgan fingerprint density at radius 3 is 2.36 bits per heavy atom. The van der Waals surface area contributed by atoms with Crippen LogP contribution in [0.4, 0.5) is 0 Å². The van der Waals surface area contributed by atoms with Gasteiger partial charge >= 0.3 is 5.97 Å². The van der Waals surface area contributed by atoms with Gasteiger partial charge in [0.25, 0.3) is 10.1 Å². The van der Waals surface area contributed by atoms with Crippen LogP contribution in [0.3, 0.4) is 0 Å². The summed E-state index contributed by atoms with van der Waals surface area (Å²) in [5.41, 5.74) is -1.50. The molecule has 0 saturated carbocycles. The van der Waals surface area contributed by atoms with Crippen LogP contribution in [0, 0.1) is 0 Å². The van der Waals surface area contributed by atoms with Crippen LogP contribution in [0.5, 0.6) is 0 Å². The van der Waals surface area contributed by atoms with Crippen LogP contribution >= 0.6 is 0 Å². The zero-order valence-electron chi connectivity index (χ0n) is 8.44. The average Bonchev–Trinajstić information content (AvgIpc) is 1.95. The maximum absolute atomic E-state index is 11.2. The van der Waals surface area contributed by atoms with Gasteiger partial charge < -0.3 is 4.74 Å². The molecule has 0 aromatic carbocycles. The first-order chi connectivity index (χ1) is 6.19. The molecule has 5 nitrogen and oxygen atoms in total. The highest BCUT2D eigenvalue weighted by atomic mass is 32.2. The van der Waals surface area contributed by atoms with Gasteiger partial charge in [0.05, 0.1) is 6.26 Å². The predicted molar refractivity (Wildman–Crippen MR) is 51.2 cm³/mol. The summed E-state index contributed by atoms with van der Waals surface area (Å²) in [4.78, 5) is 11.2. The van der Waals surface area contributed by atoms with E-state index < -0.39 is 21.7 Å². The van der Waals surface area contributed by atoms with Gasteiger partial charge in [0, 0.05) is 0 Å². The molecule has 0 fully saturated rings. The van der Waals surface area contributed by atoms with Gasteiger partial charge in [-0.3, -0.25) is 4.18 Å². The van der Waals surface area contributed by atoms with Crippen LogP contribution in [0.1, 0.15) is 13.8 Å². The zero-order chi connectivity index (χ0) is 11.4. The number of hydrogen-bond donors (Lipinski definition) is 0. The molecule has 0 aliphatic carbocycles. The van der Waals surface area contributed by atoms with Crippen molar-refractivity contribution >= 4 is 16.1 Å². The molecule has 0 radical (unpaired) electrons. The van der Waals surface area contributed by atoms with E-state index in [2.05, 4.69) is 15.5 Å². The molecule has 0 unspecified atom stereocenters. The van der Waals surface area contributed by atoms with E-state index in [1.807, 2.05) is 0 Å². The molecular weight excluding hydrogens is 208 g/mol. The van der Waals surface area contributed by atoms with Crippen LogP contribution in [0.15, 0.2) is 12.7 Å². The first-order valence-corrected chi connectivity index (χ1v) is 5.69. The monoisotopic (exact) mass is 222 g/mol. The number of ether oxygens (including phenoxy) is 1. The van der Waals surface area contributed by atoms with Crippen molar-refractivity contribution in [3.63, 3.8) is 0 Å². The maximum Gasteiger partial charge on any atom is 0.339 e. The quantitative estimate of drug-likeness (QED) is 0.384. The first kappa shape index (κ1) is 13.1. The highest BCUT2D eigenvalue weighted by Gasteiger charge is 2.34. The van der Waals surface area contributed by atoms with Gasteiger partial charge in [0.1, 0.15) is 6.61 Å². The molecule has 0 amide bonds. The normalized spacial score (nSPS) is 12.2. The van der Waals surface area contributed by atoms with Crippen molar-refractivity contribution in [3.05, 3.63) is 12.7 Å². The van der Waals surface area contributed by atoms with Gasteiger partial charge in [-0.05, 0) is 13.8 Å². The molecule has 0 aromatic heterocycles. The third-order valence-corrected chi connectivity index (χ3v) is 1.90. The molecule has 0 heterocycles. The summed E-state index contributed by atoms with van der Waals surface area (Å²) < 4.78 is 30.8. The van der Waals surface area contributed by atoms with Gasteiger partial charge in [0.15, 0.2) is 5.60 Å². The topological polar surface area (TPSA) is 69.7 Å². The molecule has 0 aliphatic heterocycles.